The van der Waals surface area contributed by atoms with Crippen LogP contribution >= 0.6 is 31.9 Å². The molecule has 1 aromatic heterocycles. The van der Waals surface area contributed by atoms with Crippen molar-refractivity contribution in [2.75, 3.05) is 24.3 Å². The van der Waals surface area contributed by atoms with Gasteiger partial charge in [0.15, 0.2) is 0 Å². The van der Waals surface area contributed by atoms with E-state index in [0.29, 0.717) is 5.70 Å². The highest BCUT2D eigenvalue weighted by Gasteiger charge is 2.35. The Morgan fingerprint density at radius 3 is 2.50 bits per heavy atom. The minimum absolute atomic E-state index is 0.115. The van der Waals surface area contributed by atoms with E-state index < -0.39 is 0 Å². The number of hydrogen-bond donors (Lipinski definition) is 1. The summed E-state index contributed by atoms with van der Waals surface area (Å²) in [5, 5.41) is 2.87. The summed E-state index contributed by atoms with van der Waals surface area (Å²) in [5.41, 5.74) is 2.69. The number of carbonyl (C=O) groups is 1. The van der Waals surface area contributed by atoms with E-state index >= 15 is 0 Å². The van der Waals surface area contributed by atoms with Crippen LogP contribution in [-0.2, 0) is 4.79 Å². The minimum atomic E-state index is -0.115. The Labute approximate surface area is 145 Å². The number of fused-ring (bicyclic) bond motifs is 1. The zero-order chi connectivity index (χ0) is 15.9. The van der Waals surface area contributed by atoms with Gasteiger partial charge >= 0.3 is 11.7 Å². The number of pyridine rings is 1. The molecule has 0 unspecified atom stereocenters. The van der Waals surface area contributed by atoms with Gasteiger partial charge in [0.05, 0.1) is 4.47 Å². The first-order chi connectivity index (χ1) is 10.5. The molecule has 1 N–H and O–H groups in total. The average Bonchev–Trinajstić information content (AvgIpc) is 2.77. The Balaban J connectivity index is 2.04. The van der Waals surface area contributed by atoms with Crippen molar-refractivity contribution in [1.29, 1.82) is 0 Å². The number of rotatable bonds is 2. The van der Waals surface area contributed by atoms with Gasteiger partial charge in [-0.1, -0.05) is 12.1 Å². The highest BCUT2D eigenvalue weighted by Crippen LogP contribution is 2.28. The molecule has 0 saturated heterocycles. The number of halogens is 2. The first-order valence-electron chi connectivity index (χ1n) is 6.67. The molecule has 0 saturated carbocycles. The number of amides is 1. The summed E-state index contributed by atoms with van der Waals surface area (Å²) in [6.45, 7) is 0. The molecule has 4 nitrogen and oxygen atoms in total. The molecule has 0 atom stereocenters. The smallest absolute Gasteiger partial charge is 0.378 e. The lowest BCUT2D eigenvalue weighted by atomic mass is 10.1. The second-order valence-corrected chi connectivity index (χ2v) is 6.96. The lowest BCUT2D eigenvalue weighted by Gasteiger charge is -2.11. The largest absolute Gasteiger partial charge is 0.379 e. The van der Waals surface area contributed by atoms with Crippen LogP contribution in [0.15, 0.2) is 45.5 Å². The lowest BCUT2D eigenvalue weighted by Crippen LogP contribution is -2.30. The van der Waals surface area contributed by atoms with Crippen LogP contribution < -0.4 is 14.8 Å². The van der Waals surface area contributed by atoms with Gasteiger partial charge in [-0.15, -0.1) is 0 Å². The van der Waals surface area contributed by atoms with Gasteiger partial charge in [0.2, 0.25) is 5.70 Å². The molecule has 0 radical (unpaired) electrons. The van der Waals surface area contributed by atoms with Crippen LogP contribution in [0.1, 0.15) is 5.56 Å². The number of nitrogens with one attached hydrogen (secondary N) is 1. The van der Waals surface area contributed by atoms with Crippen molar-refractivity contribution in [2.24, 2.45) is 0 Å². The predicted molar refractivity (Wildman–Crippen MR) is 95.6 cm³/mol. The number of anilines is 2. The lowest BCUT2D eigenvalue weighted by molar-refractivity contribution is -0.557. The zero-order valence-corrected chi connectivity index (χ0v) is 15.3. The molecular weight excluding hydrogens is 410 g/mol. The van der Waals surface area contributed by atoms with E-state index in [1.165, 1.54) is 0 Å². The Kier molecular flexibility index (Phi) is 4.06. The molecule has 112 valence electrons. The molecule has 0 spiro atoms. The van der Waals surface area contributed by atoms with Crippen LogP contribution in [0, 0.1) is 0 Å². The van der Waals surface area contributed by atoms with Gasteiger partial charge in [0, 0.05) is 25.9 Å². The Hall–Kier alpha value is -1.66. The maximum absolute atomic E-state index is 12.2. The molecule has 2 heterocycles. The number of benzene rings is 1. The first kappa shape index (κ1) is 15.2. The normalized spacial score (nSPS) is 14.9. The van der Waals surface area contributed by atoms with Gasteiger partial charge in [-0.2, -0.15) is 4.57 Å². The molecule has 0 fully saturated rings. The van der Waals surface area contributed by atoms with E-state index in [4.69, 9.17) is 0 Å². The Bertz CT molecular complexity index is 783. The molecule has 1 aliphatic heterocycles. The predicted octanol–water partition coefficient (Wildman–Crippen LogP) is 3.52. The highest BCUT2D eigenvalue weighted by atomic mass is 79.9. The van der Waals surface area contributed by atoms with Crippen molar-refractivity contribution < 1.29 is 9.36 Å². The van der Waals surface area contributed by atoms with Gasteiger partial charge in [0.1, 0.15) is 10.7 Å². The first-order valence-corrected chi connectivity index (χ1v) is 8.26. The van der Waals surface area contributed by atoms with Crippen molar-refractivity contribution >= 4 is 61.0 Å². The van der Waals surface area contributed by atoms with Crippen LogP contribution in [0.3, 0.4) is 0 Å². The summed E-state index contributed by atoms with van der Waals surface area (Å²) in [4.78, 5) is 14.3. The topological polar surface area (TPSA) is 36.2 Å². The SMILES string of the molecule is CN(C)c1ccc(/C=C2\C(=O)Nc3c(Br)cc(Br)c[n+]32)cc1. The molecule has 6 heteroatoms. The van der Waals surface area contributed by atoms with Gasteiger partial charge in [0.25, 0.3) is 0 Å². The van der Waals surface area contributed by atoms with Crippen LogP contribution in [0.25, 0.3) is 11.8 Å². The molecule has 0 aliphatic carbocycles. The third kappa shape index (κ3) is 2.80. The molecule has 1 aliphatic rings. The van der Waals surface area contributed by atoms with E-state index in [0.717, 1.165) is 26.0 Å². The van der Waals surface area contributed by atoms with E-state index in [1.54, 1.807) is 0 Å². The van der Waals surface area contributed by atoms with Crippen LogP contribution in [0.5, 0.6) is 0 Å². The number of nitrogens with zero attached hydrogens (tertiary/aromatic N) is 2. The molecule has 3 rings (SSSR count). The van der Waals surface area contributed by atoms with E-state index in [2.05, 4.69) is 37.2 Å². The van der Waals surface area contributed by atoms with Gasteiger partial charge < -0.3 is 4.90 Å². The highest BCUT2D eigenvalue weighted by molar-refractivity contribution is 9.11. The standard InChI is InChI=1S/C16H13Br2N3O/c1-20(2)12-5-3-10(4-6-12)7-14-16(22)19-15-13(18)8-11(17)9-21(14)15/h3-9H,1-2H3/p+1/b14-7+. The molecule has 2 aromatic rings. The fraction of sp³-hybridized carbons (Fsp3) is 0.125. The summed E-state index contributed by atoms with van der Waals surface area (Å²) in [6.07, 6.45) is 3.75. The molecular formula is C16H14Br2N3O+. The van der Waals surface area contributed by atoms with E-state index in [-0.39, 0.29) is 5.91 Å². The molecule has 0 bridgehead atoms. The zero-order valence-electron chi connectivity index (χ0n) is 12.1. The molecule has 1 amide bonds. The summed E-state index contributed by atoms with van der Waals surface area (Å²) >= 11 is 6.92. The summed E-state index contributed by atoms with van der Waals surface area (Å²) in [5.74, 6) is 0.625. The number of carbonyl (C=O) groups excluding carboxylic acids is 1. The summed E-state index contributed by atoms with van der Waals surface area (Å²) < 4.78 is 3.58. The number of hydrogen-bond acceptors (Lipinski definition) is 2. The minimum Gasteiger partial charge on any atom is -0.378 e. The van der Waals surface area contributed by atoms with E-state index in [1.807, 2.05) is 66.2 Å². The van der Waals surface area contributed by atoms with Crippen molar-refractivity contribution in [3.63, 3.8) is 0 Å². The molecule has 1 aromatic carbocycles. The maximum atomic E-state index is 12.2. The molecule has 22 heavy (non-hydrogen) atoms. The fourth-order valence-electron chi connectivity index (χ4n) is 2.28. The Morgan fingerprint density at radius 1 is 1.18 bits per heavy atom. The van der Waals surface area contributed by atoms with Gasteiger partial charge in [-0.3, -0.25) is 0 Å². The van der Waals surface area contributed by atoms with Crippen molar-refractivity contribution in [1.82, 2.24) is 0 Å². The second kappa shape index (κ2) is 5.85. The van der Waals surface area contributed by atoms with Gasteiger partial charge in [-0.25, -0.2) is 10.1 Å². The summed E-state index contributed by atoms with van der Waals surface area (Å²) in [6, 6.07) is 9.96. The third-order valence-electron chi connectivity index (χ3n) is 3.42. The average molecular weight is 424 g/mol. The summed E-state index contributed by atoms with van der Waals surface area (Å²) in [7, 11) is 4.00. The number of aromatic nitrogens is 1. The quantitative estimate of drug-likeness (QED) is 0.592. The Morgan fingerprint density at radius 2 is 1.86 bits per heavy atom. The van der Waals surface area contributed by atoms with Crippen molar-refractivity contribution in [3.05, 3.63) is 51.0 Å². The van der Waals surface area contributed by atoms with Crippen LogP contribution in [-0.4, -0.2) is 20.0 Å². The van der Waals surface area contributed by atoms with Gasteiger partial charge in [-0.05, 0) is 55.6 Å². The fourth-order valence-corrected chi connectivity index (χ4v) is 3.56. The monoisotopic (exact) mass is 422 g/mol. The second-order valence-electron chi connectivity index (χ2n) is 5.19. The third-order valence-corrected chi connectivity index (χ3v) is 4.46. The van der Waals surface area contributed by atoms with E-state index in [9.17, 15) is 4.79 Å². The van der Waals surface area contributed by atoms with Crippen molar-refractivity contribution in [2.45, 2.75) is 0 Å². The maximum Gasteiger partial charge on any atom is 0.379 e. The van der Waals surface area contributed by atoms with Crippen LogP contribution in [0.2, 0.25) is 0 Å². The van der Waals surface area contributed by atoms with Crippen LogP contribution in [0.4, 0.5) is 11.5 Å². The van der Waals surface area contributed by atoms with Crippen molar-refractivity contribution in [3.8, 4) is 0 Å².